The van der Waals surface area contributed by atoms with Gasteiger partial charge in [0.15, 0.2) is 9.84 Å². The SMILES string of the molecule is C[C@@H](/C(=N\O)c1cccc(F)c1)S(C)(=O)=O. The van der Waals surface area contributed by atoms with Crippen molar-refractivity contribution in [1.82, 2.24) is 0 Å². The lowest BCUT2D eigenvalue weighted by Gasteiger charge is -2.11. The smallest absolute Gasteiger partial charge is 0.155 e. The van der Waals surface area contributed by atoms with Crippen molar-refractivity contribution in [3.63, 3.8) is 0 Å². The molecule has 6 heteroatoms. The van der Waals surface area contributed by atoms with Crippen LogP contribution in [0.2, 0.25) is 0 Å². The Bertz CT molecular complexity index is 511. The summed E-state index contributed by atoms with van der Waals surface area (Å²) in [5.41, 5.74) is 0.183. The molecule has 0 heterocycles. The van der Waals surface area contributed by atoms with Gasteiger partial charge in [-0.1, -0.05) is 17.3 Å². The van der Waals surface area contributed by atoms with Crippen molar-refractivity contribution in [3.05, 3.63) is 35.6 Å². The highest BCUT2D eigenvalue weighted by molar-refractivity contribution is 7.92. The lowest BCUT2D eigenvalue weighted by Crippen LogP contribution is -2.27. The first-order valence-corrected chi connectivity index (χ1v) is 6.48. The van der Waals surface area contributed by atoms with Crippen LogP contribution in [-0.2, 0) is 9.84 Å². The summed E-state index contributed by atoms with van der Waals surface area (Å²) in [6.45, 7) is 1.38. The van der Waals surface area contributed by atoms with Gasteiger partial charge in [-0.05, 0) is 19.1 Å². The number of hydrogen-bond acceptors (Lipinski definition) is 4. The van der Waals surface area contributed by atoms with E-state index in [0.717, 1.165) is 12.3 Å². The van der Waals surface area contributed by atoms with Crippen LogP contribution in [0.25, 0.3) is 0 Å². The molecular formula is C10H12FNO3S. The molecule has 0 aliphatic heterocycles. The summed E-state index contributed by atoms with van der Waals surface area (Å²) >= 11 is 0. The molecule has 0 saturated carbocycles. The molecule has 0 aliphatic rings. The second-order valence-electron chi connectivity index (χ2n) is 3.47. The van der Waals surface area contributed by atoms with Crippen molar-refractivity contribution in [2.45, 2.75) is 12.2 Å². The second-order valence-corrected chi connectivity index (χ2v) is 5.83. The van der Waals surface area contributed by atoms with Crippen molar-refractivity contribution in [2.75, 3.05) is 6.26 Å². The molecule has 4 nitrogen and oxygen atoms in total. The average molecular weight is 245 g/mol. The molecule has 0 bridgehead atoms. The van der Waals surface area contributed by atoms with E-state index < -0.39 is 20.9 Å². The van der Waals surface area contributed by atoms with Gasteiger partial charge in [0.25, 0.3) is 0 Å². The fraction of sp³-hybridized carbons (Fsp3) is 0.300. The van der Waals surface area contributed by atoms with Crippen LogP contribution in [0, 0.1) is 5.82 Å². The molecule has 16 heavy (non-hydrogen) atoms. The van der Waals surface area contributed by atoms with Crippen molar-refractivity contribution >= 4 is 15.5 Å². The van der Waals surface area contributed by atoms with Gasteiger partial charge in [0.2, 0.25) is 0 Å². The first kappa shape index (κ1) is 12.6. The maximum atomic E-state index is 12.9. The molecule has 0 aromatic heterocycles. The minimum atomic E-state index is -3.39. The summed E-state index contributed by atoms with van der Waals surface area (Å²) in [5, 5.41) is 10.8. The summed E-state index contributed by atoms with van der Waals surface area (Å²) < 4.78 is 35.5. The monoisotopic (exact) mass is 245 g/mol. The summed E-state index contributed by atoms with van der Waals surface area (Å²) in [6, 6.07) is 5.25. The fourth-order valence-corrected chi connectivity index (χ4v) is 1.81. The molecule has 1 aromatic rings. The summed E-state index contributed by atoms with van der Waals surface area (Å²) in [7, 11) is -3.39. The van der Waals surface area contributed by atoms with Gasteiger partial charge in [0.05, 0.1) is 0 Å². The molecule has 1 rings (SSSR count). The zero-order valence-electron chi connectivity index (χ0n) is 8.88. The van der Waals surface area contributed by atoms with Gasteiger partial charge in [-0.15, -0.1) is 0 Å². The number of rotatable bonds is 3. The highest BCUT2D eigenvalue weighted by atomic mass is 32.2. The Kier molecular flexibility index (Phi) is 3.64. The lowest BCUT2D eigenvalue weighted by atomic mass is 10.1. The van der Waals surface area contributed by atoms with Gasteiger partial charge in [-0.2, -0.15) is 0 Å². The van der Waals surface area contributed by atoms with E-state index in [2.05, 4.69) is 5.16 Å². The topological polar surface area (TPSA) is 66.7 Å². The number of nitrogens with zero attached hydrogens (tertiary/aromatic N) is 1. The van der Waals surface area contributed by atoms with Gasteiger partial charge >= 0.3 is 0 Å². The largest absolute Gasteiger partial charge is 0.411 e. The van der Waals surface area contributed by atoms with Gasteiger partial charge in [0.1, 0.15) is 16.8 Å². The zero-order chi connectivity index (χ0) is 12.3. The Morgan fingerprint density at radius 2 is 2.12 bits per heavy atom. The average Bonchev–Trinajstić information content (AvgIpc) is 2.17. The molecule has 1 atom stereocenters. The van der Waals surface area contributed by atoms with Crippen LogP contribution in [0.15, 0.2) is 29.4 Å². The highest BCUT2D eigenvalue weighted by Crippen LogP contribution is 2.12. The minimum absolute atomic E-state index is 0.0676. The third-order valence-corrected chi connectivity index (χ3v) is 3.76. The number of oxime groups is 1. The summed E-state index contributed by atoms with van der Waals surface area (Å²) in [4.78, 5) is 0. The second kappa shape index (κ2) is 4.61. The van der Waals surface area contributed by atoms with Gasteiger partial charge in [-0.3, -0.25) is 0 Å². The van der Waals surface area contributed by atoms with Gasteiger partial charge in [-0.25, -0.2) is 12.8 Å². The van der Waals surface area contributed by atoms with Crippen molar-refractivity contribution in [1.29, 1.82) is 0 Å². The third kappa shape index (κ3) is 2.79. The van der Waals surface area contributed by atoms with Crippen LogP contribution in [0.1, 0.15) is 12.5 Å². The molecule has 0 fully saturated rings. The molecule has 0 radical (unpaired) electrons. The number of halogens is 1. The van der Waals surface area contributed by atoms with Crippen LogP contribution in [0.3, 0.4) is 0 Å². The maximum absolute atomic E-state index is 12.9. The van der Waals surface area contributed by atoms with E-state index in [4.69, 9.17) is 5.21 Å². The molecule has 0 amide bonds. The molecule has 1 aromatic carbocycles. The standard InChI is InChI=1S/C10H12FNO3S/c1-7(16(2,14)15)10(12-13)8-4-3-5-9(11)6-8/h3-7,13H,1-2H3/b12-10+/t7-/m0/s1. The Labute approximate surface area is 93.3 Å². The highest BCUT2D eigenvalue weighted by Gasteiger charge is 2.23. The normalized spacial score (nSPS) is 14.8. The first-order chi connectivity index (χ1) is 7.36. The summed E-state index contributed by atoms with van der Waals surface area (Å²) in [6.07, 6.45) is 1.03. The van der Waals surface area contributed by atoms with E-state index in [1.807, 2.05) is 0 Å². The van der Waals surface area contributed by atoms with Crippen molar-refractivity contribution < 1.29 is 18.0 Å². The Morgan fingerprint density at radius 1 is 1.50 bits per heavy atom. The minimum Gasteiger partial charge on any atom is -0.411 e. The van der Waals surface area contributed by atoms with E-state index in [9.17, 15) is 12.8 Å². The predicted octanol–water partition coefficient (Wildman–Crippen LogP) is 1.44. The van der Waals surface area contributed by atoms with Gasteiger partial charge < -0.3 is 5.21 Å². The van der Waals surface area contributed by atoms with E-state index in [0.29, 0.717) is 0 Å². The van der Waals surface area contributed by atoms with Crippen molar-refractivity contribution in [3.8, 4) is 0 Å². The molecule has 0 saturated heterocycles. The Morgan fingerprint density at radius 3 is 2.56 bits per heavy atom. The Balaban J connectivity index is 3.20. The quantitative estimate of drug-likeness (QED) is 0.497. The van der Waals surface area contributed by atoms with Crippen LogP contribution in [0.5, 0.6) is 0 Å². The molecule has 1 N–H and O–H groups in total. The van der Waals surface area contributed by atoms with E-state index >= 15 is 0 Å². The third-order valence-electron chi connectivity index (χ3n) is 2.26. The first-order valence-electron chi connectivity index (χ1n) is 4.53. The predicted molar refractivity (Wildman–Crippen MR) is 59.0 cm³/mol. The number of sulfone groups is 1. The number of benzene rings is 1. The lowest BCUT2D eigenvalue weighted by molar-refractivity contribution is 0.318. The maximum Gasteiger partial charge on any atom is 0.155 e. The fourth-order valence-electron chi connectivity index (χ4n) is 1.22. The van der Waals surface area contributed by atoms with E-state index in [1.54, 1.807) is 0 Å². The zero-order valence-corrected chi connectivity index (χ0v) is 9.70. The van der Waals surface area contributed by atoms with Gasteiger partial charge in [0, 0.05) is 11.8 Å². The molecular weight excluding hydrogens is 233 g/mol. The van der Waals surface area contributed by atoms with Crippen LogP contribution >= 0.6 is 0 Å². The molecule has 88 valence electrons. The van der Waals surface area contributed by atoms with Crippen molar-refractivity contribution in [2.24, 2.45) is 5.16 Å². The molecule has 0 spiro atoms. The number of hydrogen-bond donors (Lipinski definition) is 1. The van der Waals surface area contributed by atoms with Crippen LogP contribution in [-0.4, -0.2) is 30.8 Å². The van der Waals surface area contributed by atoms with E-state index in [-0.39, 0.29) is 11.3 Å². The van der Waals surface area contributed by atoms with E-state index in [1.165, 1.54) is 25.1 Å². The molecule has 0 unspecified atom stereocenters. The van der Waals surface area contributed by atoms with Crippen LogP contribution in [0.4, 0.5) is 4.39 Å². The van der Waals surface area contributed by atoms with Crippen LogP contribution < -0.4 is 0 Å². The Hall–Kier alpha value is -1.43. The molecule has 0 aliphatic carbocycles. The summed E-state index contributed by atoms with van der Waals surface area (Å²) in [5.74, 6) is -0.514.